The lowest BCUT2D eigenvalue weighted by Gasteiger charge is -2.33. The molecule has 2 saturated carbocycles. The number of aliphatic hydroxyl groups excluding tert-OH is 2. The Hall–Kier alpha value is -2.32. The second kappa shape index (κ2) is 15.1. The molecular formula is C28H40ClN5O2. The molecule has 7 nitrogen and oxygen atoms in total. The van der Waals surface area contributed by atoms with Crippen molar-refractivity contribution in [3.63, 3.8) is 0 Å². The van der Waals surface area contributed by atoms with Crippen LogP contribution in [-0.4, -0.2) is 56.2 Å². The van der Waals surface area contributed by atoms with E-state index in [2.05, 4.69) is 20.4 Å². The molecule has 0 aliphatic heterocycles. The van der Waals surface area contributed by atoms with Gasteiger partial charge < -0.3 is 15.5 Å². The molecule has 0 radical (unpaired) electrons. The fraction of sp³-hybridized carbons (Fsp3) is 0.536. The van der Waals surface area contributed by atoms with Crippen LogP contribution in [0.25, 0.3) is 22.5 Å². The molecule has 2 aliphatic rings. The number of benzene rings is 1. The maximum atomic E-state index is 7.57. The van der Waals surface area contributed by atoms with E-state index < -0.39 is 0 Å². The Kier molecular flexibility index (Phi) is 11.8. The monoisotopic (exact) mass is 513 g/mol. The third-order valence-electron chi connectivity index (χ3n) is 6.96. The van der Waals surface area contributed by atoms with E-state index in [1.54, 1.807) is 19.4 Å². The molecule has 8 heteroatoms. The van der Waals surface area contributed by atoms with Gasteiger partial charge in [0.05, 0.1) is 5.69 Å². The summed E-state index contributed by atoms with van der Waals surface area (Å²) in [5.74, 6) is 0.475. The van der Waals surface area contributed by atoms with Crippen molar-refractivity contribution in [2.75, 3.05) is 13.7 Å². The van der Waals surface area contributed by atoms with Crippen molar-refractivity contribution < 1.29 is 10.2 Å². The van der Waals surface area contributed by atoms with Gasteiger partial charge in [0, 0.05) is 59.8 Å². The zero-order valence-corrected chi connectivity index (χ0v) is 22.2. The van der Waals surface area contributed by atoms with Crippen molar-refractivity contribution >= 4 is 11.6 Å². The summed E-state index contributed by atoms with van der Waals surface area (Å²) in [5, 5.41) is 27.4. The molecule has 1 aromatic carbocycles. The number of nitrogens with zero attached hydrogens (tertiary/aromatic N) is 3. The molecular weight excluding hydrogens is 474 g/mol. The first-order valence-corrected chi connectivity index (χ1v) is 13.5. The minimum atomic E-state index is 0.250. The summed E-state index contributed by atoms with van der Waals surface area (Å²) in [6.45, 7) is 1.93. The summed E-state index contributed by atoms with van der Waals surface area (Å²) in [7, 11) is 1.00. The van der Waals surface area contributed by atoms with Gasteiger partial charge >= 0.3 is 0 Å². The quantitative estimate of drug-likeness (QED) is 0.346. The van der Waals surface area contributed by atoms with Crippen LogP contribution in [0.5, 0.6) is 0 Å². The molecule has 3 aromatic rings. The molecule has 0 unspecified atom stereocenters. The van der Waals surface area contributed by atoms with E-state index >= 15 is 0 Å². The van der Waals surface area contributed by atoms with Gasteiger partial charge in [0.25, 0.3) is 0 Å². The van der Waals surface area contributed by atoms with Crippen LogP contribution in [0, 0.1) is 0 Å². The summed E-state index contributed by atoms with van der Waals surface area (Å²) in [6.07, 6.45) is 15.1. The number of halogens is 1. The molecule has 0 bridgehead atoms. The average molecular weight is 514 g/mol. The Morgan fingerprint density at radius 1 is 0.944 bits per heavy atom. The Morgan fingerprint density at radius 3 is 2.19 bits per heavy atom. The highest BCUT2D eigenvalue weighted by Crippen LogP contribution is 2.41. The minimum Gasteiger partial charge on any atom is -0.400 e. The van der Waals surface area contributed by atoms with Gasteiger partial charge in [0.15, 0.2) is 0 Å². The minimum absolute atomic E-state index is 0.250. The van der Waals surface area contributed by atoms with E-state index in [9.17, 15) is 0 Å². The summed E-state index contributed by atoms with van der Waals surface area (Å²) < 4.78 is 0. The van der Waals surface area contributed by atoms with Gasteiger partial charge in [-0.05, 0) is 63.6 Å². The molecule has 0 saturated heterocycles. The van der Waals surface area contributed by atoms with E-state index in [0.29, 0.717) is 12.0 Å². The highest BCUT2D eigenvalue weighted by atomic mass is 35.5. The number of aliphatic hydroxyl groups is 2. The number of aromatic nitrogens is 4. The maximum absolute atomic E-state index is 7.57. The first kappa shape index (κ1) is 28.3. The second-order valence-corrected chi connectivity index (χ2v) is 9.77. The van der Waals surface area contributed by atoms with Crippen molar-refractivity contribution in [1.82, 2.24) is 25.5 Å². The number of nitrogens with one attached hydrogen (secondary N) is 2. The van der Waals surface area contributed by atoms with E-state index in [1.165, 1.54) is 63.5 Å². The van der Waals surface area contributed by atoms with E-state index in [4.69, 9.17) is 26.9 Å². The lowest BCUT2D eigenvalue weighted by molar-refractivity contribution is 0.277. The number of hydrogen-bond donors (Lipinski definition) is 4. The summed E-state index contributed by atoms with van der Waals surface area (Å²) in [6, 6.07) is 11.2. The van der Waals surface area contributed by atoms with E-state index in [-0.39, 0.29) is 6.61 Å². The molecule has 0 atom stereocenters. The van der Waals surface area contributed by atoms with Crippen LogP contribution in [0.4, 0.5) is 0 Å². The Balaban J connectivity index is 0.000000674. The van der Waals surface area contributed by atoms with Crippen molar-refractivity contribution in [2.45, 2.75) is 82.7 Å². The van der Waals surface area contributed by atoms with Crippen molar-refractivity contribution in [3.05, 3.63) is 53.6 Å². The largest absolute Gasteiger partial charge is 0.400 e. The fourth-order valence-electron chi connectivity index (χ4n) is 5.32. The fourth-order valence-corrected chi connectivity index (χ4v) is 5.44. The maximum Gasteiger partial charge on any atom is 0.116 e. The predicted octanol–water partition coefficient (Wildman–Crippen LogP) is 5.74. The highest BCUT2D eigenvalue weighted by molar-refractivity contribution is 6.30. The lowest BCUT2D eigenvalue weighted by atomic mass is 9.81. The number of aromatic amines is 1. The van der Waals surface area contributed by atoms with Gasteiger partial charge in [-0.1, -0.05) is 43.0 Å². The van der Waals surface area contributed by atoms with Crippen molar-refractivity contribution in [3.8, 4) is 22.5 Å². The van der Waals surface area contributed by atoms with Crippen LogP contribution >= 0.6 is 11.6 Å². The number of H-pyrrole nitrogens is 1. The van der Waals surface area contributed by atoms with Gasteiger partial charge in [-0.2, -0.15) is 5.10 Å². The number of hydrogen-bond acceptors (Lipinski definition) is 6. The summed E-state index contributed by atoms with van der Waals surface area (Å²) >= 11 is 6.11. The van der Waals surface area contributed by atoms with Crippen LogP contribution in [-0.2, 0) is 0 Å². The molecule has 2 aromatic heterocycles. The lowest BCUT2D eigenvalue weighted by Crippen LogP contribution is -2.41. The molecule has 2 fully saturated rings. The molecule has 0 amide bonds. The molecule has 36 heavy (non-hydrogen) atoms. The highest BCUT2D eigenvalue weighted by Gasteiger charge is 2.29. The van der Waals surface area contributed by atoms with Gasteiger partial charge in [0.1, 0.15) is 12.0 Å². The summed E-state index contributed by atoms with van der Waals surface area (Å²) in [5.41, 5.74) is 5.22. The smallest absolute Gasteiger partial charge is 0.116 e. The molecule has 4 N–H and O–H groups in total. The summed E-state index contributed by atoms with van der Waals surface area (Å²) in [4.78, 5) is 8.67. The van der Waals surface area contributed by atoms with Crippen molar-refractivity contribution in [2.24, 2.45) is 0 Å². The average Bonchev–Trinajstić information content (AvgIpc) is 3.37. The van der Waals surface area contributed by atoms with Crippen LogP contribution in [0.2, 0.25) is 5.02 Å². The second-order valence-electron chi connectivity index (χ2n) is 9.33. The van der Waals surface area contributed by atoms with Gasteiger partial charge in [-0.25, -0.2) is 9.97 Å². The Morgan fingerprint density at radius 2 is 1.58 bits per heavy atom. The first-order chi connectivity index (χ1) is 17.7. The standard InChI is InChI=1S/C25H30ClN5.C2H6O.CH4O/c26-19-10-6-17(7-11-19)24-23(22-14-15-27-16-28-22)25(31-30-24)18-8-12-21(13-9-18)29-20-4-2-1-3-5-20;1-2-3;1-2/h6-7,10-11,14-16,18,20-21,29H,1-5,8-9,12-13H2,(H,30,31);3H,2H2,1H3;2H,1H3. The molecule has 2 aliphatic carbocycles. The Labute approximate surface area is 219 Å². The third-order valence-corrected chi connectivity index (χ3v) is 7.21. The van der Waals surface area contributed by atoms with E-state index in [0.717, 1.165) is 40.7 Å². The predicted molar refractivity (Wildman–Crippen MR) is 146 cm³/mol. The van der Waals surface area contributed by atoms with Crippen LogP contribution < -0.4 is 5.32 Å². The van der Waals surface area contributed by atoms with Crippen LogP contribution in [0.1, 0.15) is 76.3 Å². The van der Waals surface area contributed by atoms with Crippen LogP contribution in [0.3, 0.4) is 0 Å². The van der Waals surface area contributed by atoms with E-state index in [1.807, 2.05) is 30.3 Å². The molecule has 2 heterocycles. The topological polar surface area (TPSA) is 107 Å². The zero-order valence-electron chi connectivity index (χ0n) is 21.5. The molecule has 196 valence electrons. The van der Waals surface area contributed by atoms with Gasteiger partial charge in [-0.3, -0.25) is 5.10 Å². The number of rotatable bonds is 5. The van der Waals surface area contributed by atoms with Gasteiger partial charge in [-0.15, -0.1) is 0 Å². The van der Waals surface area contributed by atoms with Crippen LogP contribution in [0.15, 0.2) is 42.9 Å². The normalized spacial score (nSPS) is 20.0. The Bertz CT molecular complexity index is 999. The SMILES string of the molecule is CCO.CO.Clc1ccc(-c2n[nH]c(C3CCC(NC4CCCCC4)CC3)c2-c2ccncn2)cc1. The first-order valence-electron chi connectivity index (χ1n) is 13.1. The van der Waals surface area contributed by atoms with Crippen molar-refractivity contribution in [1.29, 1.82) is 0 Å². The molecule has 0 spiro atoms. The zero-order chi connectivity index (χ0) is 25.8. The molecule has 5 rings (SSSR count). The van der Waals surface area contributed by atoms with Gasteiger partial charge in [0.2, 0.25) is 0 Å². The third kappa shape index (κ3) is 7.59.